The second-order valence-corrected chi connectivity index (χ2v) is 8.55. The molecule has 0 saturated carbocycles. The maximum Gasteiger partial charge on any atom is 0.401 e. The number of carbonyl (C=O) groups is 2. The normalized spacial score (nSPS) is 23.2. The van der Waals surface area contributed by atoms with E-state index in [1.807, 2.05) is 20.8 Å². The van der Waals surface area contributed by atoms with Crippen LogP contribution in [0.15, 0.2) is 0 Å². The molecule has 2 saturated heterocycles. The molecule has 2 fully saturated rings. The van der Waals surface area contributed by atoms with E-state index in [1.165, 1.54) is 4.90 Å². The highest BCUT2D eigenvalue weighted by Crippen LogP contribution is 2.26. The molecular weight excluding hydrogens is 347 g/mol. The average Bonchev–Trinajstić information content (AvgIpc) is 2.85. The Bertz CT molecular complexity index is 517. The first-order valence-corrected chi connectivity index (χ1v) is 9.34. The van der Waals surface area contributed by atoms with E-state index in [0.29, 0.717) is 38.9 Å². The quantitative estimate of drug-likeness (QED) is 0.759. The van der Waals surface area contributed by atoms with E-state index in [4.69, 9.17) is 0 Å². The summed E-state index contributed by atoms with van der Waals surface area (Å²) in [5, 5.41) is 0. The molecule has 2 aliphatic rings. The number of rotatable bonds is 3. The number of hydrogen-bond acceptors (Lipinski definition) is 3. The number of likely N-dealkylation sites (tertiary alicyclic amines) is 1. The highest BCUT2D eigenvalue weighted by atomic mass is 19.4. The molecule has 1 unspecified atom stereocenters. The summed E-state index contributed by atoms with van der Waals surface area (Å²) in [5.41, 5.74) is -0.145. The first kappa shape index (κ1) is 21.0. The maximum absolute atomic E-state index is 12.9. The van der Waals surface area contributed by atoms with Crippen molar-refractivity contribution in [3.05, 3.63) is 0 Å². The summed E-state index contributed by atoms with van der Waals surface area (Å²) in [6, 6.07) is -0.459. The third-order valence-electron chi connectivity index (χ3n) is 4.84. The van der Waals surface area contributed by atoms with Crippen LogP contribution in [-0.4, -0.2) is 78.0 Å². The predicted molar refractivity (Wildman–Crippen MR) is 92.5 cm³/mol. The lowest BCUT2D eigenvalue weighted by Crippen LogP contribution is -2.49. The summed E-state index contributed by atoms with van der Waals surface area (Å²) >= 11 is 0. The van der Waals surface area contributed by atoms with Gasteiger partial charge in [-0.3, -0.25) is 14.5 Å². The van der Waals surface area contributed by atoms with E-state index < -0.39 is 18.8 Å². The molecule has 0 spiro atoms. The molecule has 5 nitrogen and oxygen atoms in total. The average molecular weight is 377 g/mol. The van der Waals surface area contributed by atoms with Crippen molar-refractivity contribution in [1.82, 2.24) is 14.7 Å². The number of halogens is 3. The van der Waals surface area contributed by atoms with Gasteiger partial charge >= 0.3 is 6.18 Å². The Hall–Kier alpha value is -1.31. The van der Waals surface area contributed by atoms with Crippen molar-refractivity contribution in [3.8, 4) is 0 Å². The van der Waals surface area contributed by atoms with Crippen molar-refractivity contribution >= 4 is 11.8 Å². The molecule has 2 aliphatic heterocycles. The molecule has 0 radical (unpaired) electrons. The van der Waals surface area contributed by atoms with Gasteiger partial charge < -0.3 is 9.80 Å². The van der Waals surface area contributed by atoms with E-state index in [0.717, 1.165) is 6.42 Å². The molecular formula is C18H30F3N3O2. The fourth-order valence-corrected chi connectivity index (χ4v) is 3.69. The zero-order chi connectivity index (χ0) is 19.5. The second-order valence-electron chi connectivity index (χ2n) is 8.55. The highest BCUT2D eigenvalue weighted by molar-refractivity contribution is 5.88. The maximum atomic E-state index is 12.9. The fraction of sp³-hybridized carbons (Fsp3) is 0.889. The molecule has 0 aliphatic carbocycles. The van der Waals surface area contributed by atoms with Crippen LogP contribution in [0.25, 0.3) is 0 Å². The molecule has 0 bridgehead atoms. The molecule has 150 valence electrons. The zero-order valence-electron chi connectivity index (χ0n) is 15.9. The van der Waals surface area contributed by atoms with Crippen molar-refractivity contribution in [2.75, 3.05) is 39.3 Å². The first-order valence-electron chi connectivity index (χ1n) is 9.34. The monoisotopic (exact) mass is 377 g/mol. The second kappa shape index (κ2) is 8.15. The van der Waals surface area contributed by atoms with Crippen LogP contribution in [0.1, 0.15) is 46.5 Å². The van der Waals surface area contributed by atoms with Gasteiger partial charge in [0.05, 0.1) is 6.54 Å². The minimum Gasteiger partial charge on any atom is -0.340 e. The number of carbonyl (C=O) groups excluding carboxylic acids is 2. The summed E-state index contributed by atoms with van der Waals surface area (Å²) in [6.07, 6.45) is -1.89. The van der Waals surface area contributed by atoms with Crippen molar-refractivity contribution in [2.45, 2.75) is 58.7 Å². The van der Waals surface area contributed by atoms with Crippen molar-refractivity contribution in [2.24, 2.45) is 5.41 Å². The lowest BCUT2D eigenvalue weighted by atomic mass is 9.91. The fourth-order valence-electron chi connectivity index (χ4n) is 3.69. The van der Waals surface area contributed by atoms with Crippen LogP contribution in [0.4, 0.5) is 13.2 Å². The van der Waals surface area contributed by atoms with Gasteiger partial charge in [-0.15, -0.1) is 0 Å². The van der Waals surface area contributed by atoms with Crippen molar-refractivity contribution < 1.29 is 22.8 Å². The Balaban J connectivity index is 1.96. The van der Waals surface area contributed by atoms with Crippen molar-refractivity contribution in [1.29, 1.82) is 0 Å². The standard InChI is InChI=1S/C18H30F3N3O2/c1-17(2,3)12-15(25)24-9-4-6-14(24)16(26)23-8-5-7-22(10-11-23)13-18(19,20)21/h14H,4-13H2,1-3H3. The lowest BCUT2D eigenvalue weighted by Gasteiger charge is -2.31. The summed E-state index contributed by atoms with van der Waals surface area (Å²) in [5.74, 6) is -0.125. The smallest absolute Gasteiger partial charge is 0.340 e. The first-order chi connectivity index (χ1) is 12.0. The Morgan fingerprint density at radius 3 is 2.27 bits per heavy atom. The Morgan fingerprint density at radius 2 is 1.65 bits per heavy atom. The van der Waals surface area contributed by atoms with Crippen LogP contribution in [0, 0.1) is 5.41 Å². The van der Waals surface area contributed by atoms with Crippen LogP contribution in [0.5, 0.6) is 0 Å². The van der Waals surface area contributed by atoms with Gasteiger partial charge in [-0.1, -0.05) is 20.8 Å². The van der Waals surface area contributed by atoms with Crippen LogP contribution in [0.3, 0.4) is 0 Å². The van der Waals surface area contributed by atoms with Gasteiger partial charge in [0.15, 0.2) is 0 Å². The summed E-state index contributed by atoms with van der Waals surface area (Å²) in [6.45, 7) is 6.89. The molecule has 2 amide bonds. The molecule has 0 N–H and O–H groups in total. The molecule has 8 heteroatoms. The minimum absolute atomic E-state index is 0.0122. The number of alkyl halides is 3. The molecule has 2 heterocycles. The molecule has 0 aromatic rings. The topological polar surface area (TPSA) is 43.9 Å². The molecule has 26 heavy (non-hydrogen) atoms. The van der Waals surface area contributed by atoms with Gasteiger partial charge in [0, 0.05) is 39.1 Å². The number of hydrogen-bond donors (Lipinski definition) is 0. The summed E-state index contributed by atoms with van der Waals surface area (Å²) in [4.78, 5) is 30.1. The Morgan fingerprint density at radius 1 is 0.962 bits per heavy atom. The third-order valence-corrected chi connectivity index (χ3v) is 4.84. The third kappa shape index (κ3) is 6.14. The van der Waals surface area contributed by atoms with Crippen molar-refractivity contribution in [3.63, 3.8) is 0 Å². The van der Waals surface area contributed by atoms with Crippen LogP contribution < -0.4 is 0 Å². The number of nitrogens with zero attached hydrogens (tertiary/aromatic N) is 3. The van der Waals surface area contributed by atoms with Gasteiger partial charge in [0.2, 0.25) is 11.8 Å². The van der Waals surface area contributed by atoms with Gasteiger partial charge in [0.25, 0.3) is 0 Å². The largest absolute Gasteiger partial charge is 0.401 e. The van der Waals surface area contributed by atoms with E-state index in [1.54, 1.807) is 9.80 Å². The minimum atomic E-state index is -4.22. The highest BCUT2D eigenvalue weighted by Gasteiger charge is 2.38. The van der Waals surface area contributed by atoms with Gasteiger partial charge in [-0.2, -0.15) is 13.2 Å². The Labute approximate surface area is 153 Å². The van der Waals surface area contributed by atoms with E-state index in [9.17, 15) is 22.8 Å². The van der Waals surface area contributed by atoms with E-state index in [2.05, 4.69) is 0 Å². The Kier molecular flexibility index (Phi) is 6.58. The zero-order valence-corrected chi connectivity index (χ0v) is 15.9. The molecule has 0 aromatic carbocycles. The molecule has 2 rings (SSSR count). The lowest BCUT2D eigenvalue weighted by molar-refractivity contribution is -0.147. The molecule has 1 atom stereocenters. The van der Waals surface area contributed by atoms with Crippen LogP contribution >= 0.6 is 0 Å². The van der Waals surface area contributed by atoms with Gasteiger partial charge in [0.1, 0.15) is 6.04 Å². The van der Waals surface area contributed by atoms with Gasteiger partial charge in [-0.25, -0.2) is 0 Å². The van der Waals surface area contributed by atoms with Crippen LogP contribution in [0.2, 0.25) is 0 Å². The summed E-state index contributed by atoms with van der Waals surface area (Å²) in [7, 11) is 0. The summed E-state index contributed by atoms with van der Waals surface area (Å²) < 4.78 is 37.7. The SMILES string of the molecule is CC(C)(C)CC(=O)N1CCCC1C(=O)N1CCCN(CC(F)(F)F)CC1. The van der Waals surface area contributed by atoms with E-state index in [-0.39, 0.29) is 30.3 Å². The van der Waals surface area contributed by atoms with Gasteiger partial charge in [-0.05, 0) is 24.7 Å². The molecule has 0 aromatic heterocycles. The number of amides is 2. The van der Waals surface area contributed by atoms with E-state index >= 15 is 0 Å². The van der Waals surface area contributed by atoms with Crippen LogP contribution in [-0.2, 0) is 9.59 Å². The predicted octanol–water partition coefficient (Wildman–Crippen LogP) is 2.51.